The molecule has 1 N–H and O–H groups in total. The SMILES string of the molecule is CCNC(Cc1ccccc1Br)Cc1c(Cl)c(C)nn1C. The summed E-state index contributed by atoms with van der Waals surface area (Å²) in [5.74, 6) is 0. The minimum Gasteiger partial charge on any atom is -0.314 e. The van der Waals surface area contributed by atoms with Crippen LogP contribution in [-0.4, -0.2) is 22.4 Å². The van der Waals surface area contributed by atoms with Crippen molar-refractivity contribution in [1.29, 1.82) is 0 Å². The number of likely N-dealkylation sites (N-methyl/N-ethyl adjacent to an activating group) is 1. The number of benzene rings is 1. The molecule has 0 aliphatic heterocycles. The maximum absolute atomic E-state index is 6.37. The van der Waals surface area contributed by atoms with Crippen molar-refractivity contribution >= 4 is 27.5 Å². The second kappa shape index (κ2) is 7.43. The quantitative estimate of drug-likeness (QED) is 0.835. The maximum Gasteiger partial charge on any atom is 0.0847 e. The molecule has 1 unspecified atom stereocenters. The fourth-order valence-electron chi connectivity index (χ4n) is 2.57. The maximum atomic E-state index is 6.37. The number of rotatable bonds is 6. The predicted molar refractivity (Wildman–Crippen MR) is 92.0 cm³/mol. The van der Waals surface area contributed by atoms with Crippen LogP contribution in [0.3, 0.4) is 0 Å². The lowest BCUT2D eigenvalue weighted by molar-refractivity contribution is 0.504. The van der Waals surface area contributed by atoms with Crippen LogP contribution in [0.2, 0.25) is 5.02 Å². The molecule has 2 aromatic rings. The molecule has 0 saturated carbocycles. The number of nitrogens with one attached hydrogen (secondary N) is 1. The van der Waals surface area contributed by atoms with Gasteiger partial charge in [0.25, 0.3) is 0 Å². The molecule has 0 spiro atoms. The second-order valence-electron chi connectivity index (χ2n) is 5.22. The molecule has 1 aromatic carbocycles. The van der Waals surface area contributed by atoms with Gasteiger partial charge in [-0.1, -0.05) is 52.7 Å². The van der Waals surface area contributed by atoms with Gasteiger partial charge in [-0.25, -0.2) is 0 Å². The largest absolute Gasteiger partial charge is 0.314 e. The summed E-state index contributed by atoms with van der Waals surface area (Å²) in [6.45, 7) is 5.01. The van der Waals surface area contributed by atoms with Crippen molar-refractivity contribution in [1.82, 2.24) is 15.1 Å². The van der Waals surface area contributed by atoms with E-state index in [0.717, 1.165) is 40.3 Å². The zero-order valence-corrected chi connectivity index (χ0v) is 15.0. The fourth-order valence-corrected chi connectivity index (χ4v) is 3.25. The minimum atomic E-state index is 0.334. The fraction of sp³-hybridized carbons (Fsp3) is 0.438. The standard InChI is InChI=1S/C16H21BrClN3/c1-4-19-13(9-12-7-5-6-8-14(12)17)10-15-16(18)11(2)20-21(15)3/h5-8,13,19H,4,9-10H2,1-3H3. The third-order valence-electron chi connectivity index (χ3n) is 3.62. The summed E-state index contributed by atoms with van der Waals surface area (Å²) in [6, 6.07) is 8.69. The van der Waals surface area contributed by atoms with Gasteiger partial charge in [-0.2, -0.15) is 5.10 Å². The summed E-state index contributed by atoms with van der Waals surface area (Å²) in [5, 5.41) is 8.73. The summed E-state index contributed by atoms with van der Waals surface area (Å²) < 4.78 is 3.04. The van der Waals surface area contributed by atoms with Crippen LogP contribution < -0.4 is 5.32 Å². The van der Waals surface area contributed by atoms with Crippen molar-refractivity contribution in [3.05, 3.63) is 50.7 Å². The van der Waals surface area contributed by atoms with E-state index >= 15 is 0 Å². The van der Waals surface area contributed by atoms with Crippen molar-refractivity contribution in [3.8, 4) is 0 Å². The highest BCUT2D eigenvalue weighted by molar-refractivity contribution is 9.10. The number of aryl methyl sites for hydroxylation is 2. The van der Waals surface area contributed by atoms with Crippen molar-refractivity contribution in [3.63, 3.8) is 0 Å². The van der Waals surface area contributed by atoms with E-state index in [-0.39, 0.29) is 0 Å². The highest BCUT2D eigenvalue weighted by atomic mass is 79.9. The number of aromatic nitrogens is 2. The lowest BCUT2D eigenvalue weighted by atomic mass is 10.0. The zero-order chi connectivity index (χ0) is 15.4. The molecule has 3 nitrogen and oxygen atoms in total. The summed E-state index contributed by atoms with van der Waals surface area (Å²) in [7, 11) is 1.95. The Morgan fingerprint density at radius 2 is 2.05 bits per heavy atom. The third kappa shape index (κ3) is 4.09. The first kappa shape index (κ1) is 16.5. The van der Waals surface area contributed by atoms with Gasteiger partial charge in [0.2, 0.25) is 0 Å². The molecular weight excluding hydrogens is 350 g/mol. The Bertz CT molecular complexity index is 610. The summed E-state index contributed by atoms with van der Waals surface area (Å²) in [4.78, 5) is 0. The van der Waals surface area contributed by atoms with E-state index in [2.05, 4.69) is 51.5 Å². The van der Waals surface area contributed by atoms with Crippen molar-refractivity contribution in [2.45, 2.75) is 32.7 Å². The van der Waals surface area contributed by atoms with Gasteiger partial charge < -0.3 is 5.32 Å². The number of hydrogen-bond donors (Lipinski definition) is 1. The van der Waals surface area contributed by atoms with Gasteiger partial charge in [0.1, 0.15) is 0 Å². The highest BCUT2D eigenvalue weighted by Gasteiger charge is 2.17. The van der Waals surface area contributed by atoms with Gasteiger partial charge in [-0.05, 0) is 31.5 Å². The molecule has 0 aliphatic carbocycles. The molecule has 5 heteroatoms. The Morgan fingerprint density at radius 1 is 1.33 bits per heavy atom. The normalized spacial score (nSPS) is 12.6. The first-order valence-corrected chi connectivity index (χ1v) is 8.34. The molecule has 114 valence electrons. The Hall–Kier alpha value is -0.840. The molecule has 21 heavy (non-hydrogen) atoms. The smallest absolute Gasteiger partial charge is 0.0847 e. The van der Waals surface area contributed by atoms with Gasteiger partial charge in [-0.3, -0.25) is 4.68 Å². The van der Waals surface area contributed by atoms with Crippen LogP contribution in [0.5, 0.6) is 0 Å². The Kier molecular flexibility index (Phi) is 5.85. The van der Waals surface area contributed by atoms with E-state index in [0.29, 0.717) is 6.04 Å². The van der Waals surface area contributed by atoms with Crippen molar-refractivity contribution in [2.24, 2.45) is 7.05 Å². The topological polar surface area (TPSA) is 29.9 Å². The van der Waals surface area contributed by atoms with Crippen LogP contribution in [-0.2, 0) is 19.9 Å². The van der Waals surface area contributed by atoms with Gasteiger partial charge in [0, 0.05) is 24.0 Å². The van der Waals surface area contributed by atoms with E-state index in [4.69, 9.17) is 11.6 Å². The minimum absolute atomic E-state index is 0.334. The van der Waals surface area contributed by atoms with E-state index in [1.807, 2.05) is 24.7 Å². The van der Waals surface area contributed by atoms with Crippen LogP contribution in [0.1, 0.15) is 23.9 Å². The monoisotopic (exact) mass is 369 g/mol. The van der Waals surface area contributed by atoms with E-state index < -0.39 is 0 Å². The molecule has 0 fully saturated rings. The second-order valence-corrected chi connectivity index (χ2v) is 6.46. The van der Waals surface area contributed by atoms with E-state index in [1.54, 1.807) is 0 Å². The molecule has 1 atom stereocenters. The zero-order valence-electron chi connectivity index (χ0n) is 12.7. The third-order valence-corrected chi connectivity index (χ3v) is 4.88. The summed E-state index contributed by atoms with van der Waals surface area (Å²) in [5.41, 5.74) is 3.29. The number of halogens is 2. The van der Waals surface area contributed by atoms with E-state index in [9.17, 15) is 0 Å². The number of hydrogen-bond acceptors (Lipinski definition) is 2. The summed E-state index contributed by atoms with van der Waals surface area (Å²) in [6.07, 6.45) is 1.82. The molecule has 0 saturated heterocycles. The lowest BCUT2D eigenvalue weighted by Gasteiger charge is -2.19. The first-order valence-electron chi connectivity index (χ1n) is 7.17. The molecule has 1 aromatic heterocycles. The van der Waals surface area contributed by atoms with Crippen LogP contribution in [0, 0.1) is 6.92 Å². The lowest BCUT2D eigenvalue weighted by Crippen LogP contribution is -2.33. The Balaban J connectivity index is 2.18. The van der Waals surface area contributed by atoms with Crippen molar-refractivity contribution < 1.29 is 0 Å². The molecule has 0 radical (unpaired) electrons. The number of nitrogens with zero attached hydrogens (tertiary/aromatic N) is 2. The van der Waals surface area contributed by atoms with Gasteiger partial charge >= 0.3 is 0 Å². The molecule has 1 heterocycles. The molecule has 0 aliphatic rings. The molecule has 0 bridgehead atoms. The highest BCUT2D eigenvalue weighted by Crippen LogP contribution is 2.23. The van der Waals surface area contributed by atoms with Crippen LogP contribution in [0.15, 0.2) is 28.7 Å². The van der Waals surface area contributed by atoms with Crippen LogP contribution in [0.25, 0.3) is 0 Å². The van der Waals surface area contributed by atoms with Crippen molar-refractivity contribution in [2.75, 3.05) is 6.54 Å². The molecule has 0 amide bonds. The average molecular weight is 371 g/mol. The predicted octanol–water partition coefficient (Wildman–Crippen LogP) is 3.91. The first-order chi connectivity index (χ1) is 10.0. The van der Waals surface area contributed by atoms with Gasteiger partial charge in [-0.15, -0.1) is 0 Å². The van der Waals surface area contributed by atoms with Crippen LogP contribution in [0.4, 0.5) is 0 Å². The van der Waals surface area contributed by atoms with E-state index in [1.165, 1.54) is 5.56 Å². The molecule has 2 rings (SSSR count). The van der Waals surface area contributed by atoms with Gasteiger partial charge in [0.05, 0.1) is 16.4 Å². The molecular formula is C16H21BrClN3. The summed E-state index contributed by atoms with van der Waals surface area (Å²) >= 11 is 10.00. The van der Waals surface area contributed by atoms with Crippen LogP contribution >= 0.6 is 27.5 Å². The van der Waals surface area contributed by atoms with Gasteiger partial charge in [0.15, 0.2) is 0 Å². The average Bonchev–Trinajstić information content (AvgIpc) is 2.68. The Morgan fingerprint density at radius 3 is 2.62 bits per heavy atom. The Labute approximate surface area is 139 Å².